The molecule has 20 heteroatoms. The van der Waals surface area contributed by atoms with Gasteiger partial charge in [-0.25, -0.2) is 14.2 Å². The summed E-state index contributed by atoms with van der Waals surface area (Å²) in [5.74, 6) is -0.725. The molecule has 3 aromatic heterocycles. The van der Waals surface area contributed by atoms with E-state index in [-0.39, 0.29) is 77.4 Å². The monoisotopic (exact) mass is 1180 g/mol. The largest absolute Gasteiger partial charge is 0.508 e. The van der Waals surface area contributed by atoms with Crippen LogP contribution in [0.25, 0.3) is 43.4 Å². The third kappa shape index (κ3) is 12.6. The molecule has 0 radical (unpaired) electrons. The molecule has 4 saturated heterocycles. The third-order valence-corrected chi connectivity index (χ3v) is 18.8. The maximum atomic E-state index is 17.4. The summed E-state index contributed by atoms with van der Waals surface area (Å²) >= 11 is 1.60. The van der Waals surface area contributed by atoms with Crippen molar-refractivity contribution in [2.45, 2.75) is 162 Å². The lowest BCUT2D eigenvalue weighted by atomic mass is 9.85. The fourth-order valence-electron chi connectivity index (χ4n) is 12.9. The van der Waals surface area contributed by atoms with Crippen LogP contribution < -0.4 is 20.3 Å². The van der Waals surface area contributed by atoms with Crippen LogP contribution in [-0.2, 0) is 30.3 Å². The number of piperidine rings is 1. The summed E-state index contributed by atoms with van der Waals surface area (Å²) in [6, 6.07) is 15.1. The van der Waals surface area contributed by atoms with Crippen molar-refractivity contribution in [1.29, 1.82) is 0 Å². The molecule has 85 heavy (non-hydrogen) atoms. The summed E-state index contributed by atoms with van der Waals surface area (Å²) in [6.07, 6.45) is 7.59. The van der Waals surface area contributed by atoms with Crippen molar-refractivity contribution >= 4 is 62.6 Å². The maximum Gasteiger partial charge on any atom is 0.410 e. The van der Waals surface area contributed by atoms with Gasteiger partial charge in [0.2, 0.25) is 11.8 Å². The van der Waals surface area contributed by atoms with Crippen LogP contribution in [-0.4, -0.2) is 151 Å². The summed E-state index contributed by atoms with van der Waals surface area (Å²) in [5.41, 5.74) is 4.13. The lowest BCUT2D eigenvalue weighted by Gasteiger charge is -2.42. The minimum Gasteiger partial charge on any atom is -0.508 e. The maximum absolute atomic E-state index is 17.4. The molecule has 6 aromatic rings. The molecule has 5 fully saturated rings. The number of nitrogens with one attached hydrogen (secondary N) is 2. The molecule has 452 valence electrons. The average molecular weight is 1180 g/mol. The lowest BCUT2D eigenvalue weighted by molar-refractivity contribution is -0.147. The quantitative estimate of drug-likeness (QED) is 0.0778. The van der Waals surface area contributed by atoms with Crippen molar-refractivity contribution in [3.63, 3.8) is 0 Å². The van der Waals surface area contributed by atoms with E-state index in [0.717, 1.165) is 76.8 Å². The third-order valence-electron chi connectivity index (χ3n) is 17.8. The Hall–Kier alpha value is -7.03. The van der Waals surface area contributed by atoms with Gasteiger partial charge in [-0.3, -0.25) is 29.2 Å². The standard InChI is InChI=1S/C65H81FN10O8S/c1-10-41-13-11-14-44-31-47(77)32-48(51(41)44)53-52(66)54-49(33-67-53)57(74-34-45-20-21-46(35-74)76(45)62(81)84-64(7,8)9)72-61(70-54)82-30-29-73-27-22-40(23-28-73)36-83-65(24-25-65)60(80)71-56(63(4,5)6)59(79)75-26-12-15-50(75)58(78)69-38(2)42-16-18-43(19-17-42)55-39(3)68-37-85-55/h11,13-14,16-19,31-33,37-38,40,45-46,50,56,77H,10,12,15,20-30,34-36H2,1-9H3,(H,69,78)(H,71,80). The number of hydrogen-bond acceptors (Lipinski definition) is 15. The molecule has 4 aliphatic heterocycles. The molecule has 5 aliphatic rings. The van der Waals surface area contributed by atoms with Crippen LogP contribution in [0.5, 0.6) is 11.8 Å². The first-order chi connectivity index (χ1) is 40.6. The number of phenolic OH excluding ortho intramolecular Hbond substituents is 1. The number of aryl methyl sites for hydroxylation is 2. The number of benzene rings is 3. The smallest absolute Gasteiger partial charge is 0.410 e. The number of carbonyl (C=O) groups excluding carboxylic acids is 4. The predicted molar refractivity (Wildman–Crippen MR) is 326 cm³/mol. The van der Waals surface area contributed by atoms with Gasteiger partial charge in [-0.15, -0.1) is 11.3 Å². The molecule has 2 bridgehead atoms. The Morgan fingerprint density at radius 3 is 2.29 bits per heavy atom. The van der Waals surface area contributed by atoms with E-state index in [9.17, 15) is 24.3 Å². The molecule has 7 heterocycles. The number of aromatic nitrogens is 4. The number of thiazole rings is 1. The number of rotatable bonds is 17. The van der Waals surface area contributed by atoms with E-state index in [1.807, 2.05) is 115 Å². The molecule has 11 rings (SSSR count). The number of phenols is 1. The number of pyridine rings is 1. The fourth-order valence-corrected chi connectivity index (χ4v) is 13.7. The zero-order valence-corrected chi connectivity index (χ0v) is 51.3. The summed E-state index contributed by atoms with van der Waals surface area (Å²) in [5, 5.41) is 19.1. The second-order valence-corrected chi connectivity index (χ2v) is 26.9. The Morgan fingerprint density at radius 2 is 1.64 bits per heavy atom. The van der Waals surface area contributed by atoms with E-state index in [1.54, 1.807) is 34.6 Å². The number of nitrogens with zero attached hydrogens (tertiary/aromatic N) is 8. The Kier molecular flexibility index (Phi) is 16.9. The van der Waals surface area contributed by atoms with Crippen LogP contribution in [0.2, 0.25) is 0 Å². The minimum absolute atomic E-state index is 0.00275. The van der Waals surface area contributed by atoms with Crippen LogP contribution in [0.1, 0.15) is 130 Å². The second kappa shape index (κ2) is 24.0. The van der Waals surface area contributed by atoms with Crippen LogP contribution in [0.3, 0.4) is 0 Å². The van der Waals surface area contributed by atoms with Crippen LogP contribution in [0.4, 0.5) is 15.0 Å². The molecule has 5 unspecified atom stereocenters. The summed E-state index contributed by atoms with van der Waals surface area (Å²) in [7, 11) is 0. The van der Waals surface area contributed by atoms with Gasteiger partial charge in [-0.05, 0) is 156 Å². The first-order valence-corrected chi connectivity index (χ1v) is 31.2. The van der Waals surface area contributed by atoms with Crippen molar-refractivity contribution in [1.82, 2.24) is 45.3 Å². The normalized spacial score (nSPS) is 20.6. The van der Waals surface area contributed by atoms with Crippen LogP contribution in [0.15, 0.2) is 66.3 Å². The summed E-state index contributed by atoms with van der Waals surface area (Å²) < 4.78 is 36.1. The number of ether oxygens (including phenoxy) is 3. The molecule has 3 N–H and O–H groups in total. The number of piperazine rings is 1. The fraction of sp³-hybridized carbons (Fsp3) is 0.538. The first-order valence-electron chi connectivity index (χ1n) is 30.4. The van der Waals surface area contributed by atoms with E-state index in [1.165, 1.54) is 0 Å². The van der Waals surface area contributed by atoms with Gasteiger partial charge in [0, 0.05) is 37.9 Å². The molecule has 0 spiro atoms. The van der Waals surface area contributed by atoms with Crippen molar-refractivity contribution in [3.05, 3.63) is 88.9 Å². The van der Waals surface area contributed by atoms with E-state index in [4.69, 9.17) is 29.2 Å². The number of hydrogen-bond donors (Lipinski definition) is 3. The van der Waals surface area contributed by atoms with E-state index >= 15 is 4.39 Å². The van der Waals surface area contributed by atoms with Gasteiger partial charge < -0.3 is 39.8 Å². The Balaban J connectivity index is 0.712. The van der Waals surface area contributed by atoms with E-state index in [2.05, 4.69) is 25.4 Å². The van der Waals surface area contributed by atoms with Gasteiger partial charge in [0.05, 0.1) is 46.2 Å². The SMILES string of the molecule is CCc1cccc2cc(O)cc(-c3ncc4c(N5CC6CCC(C5)N6C(=O)OC(C)(C)C)nc(OCCN5CCC(COC6(C(=O)NC(C(=O)N7CCCC7C(=O)NC(C)c7ccc(-c8scnc8C)cc7)C(C)(C)C)CC6)CC5)nc4c3F)c12. The van der Waals surface area contributed by atoms with Gasteiger partial charge in [0.1, 0.15) is 52.7 Å². The number of anilines is 1. The zero-order chi connectivity index (χ0) is 60.1. The summed E-state index contributed by atoms with van der Waals surface area (Å²) in [6.45, 7) is 21.5. The van der Waals surface area contributed by atoms with Crippen molar-refractivity contribution in [2.24, 2.45) is 11.3 Å². The number of aromatic hydroxyl groups is 1. The Morgan fingerprint density at radius 1 is 0.906 bits per heavy atom. The highest BCUT2D eigenvalue weighted by atomic mass is 32.1. The molecule has 3 aromatic carbocycles. The number of halogens is 1. The lowest BCUT2D eigenvalue weighted by Crippen LogP contribution is -2.59. The van der Waals surface area contributed by atoms with Crippen LogP contribution >= 0.6 is 11.3 Å². The molecule has 4 amide bonds. The Labute approximate surface area is 501 Å². The van der Waals surface area contributed by atoms with Gasteiger partial charge >= 0.3 is 12.1 Å². The van der Waals surface area contributed by atoms with Gasteiger partial charge in [0.25, 0.3) is 5.91 Å². The zero-order valence-electron chi connectivity index (χ0n) is 50.5. The highest BCUT2D eigenvalue weighted by molar-refractivity contribution is 7.13. The number of likely N-dealkylation sites (tertiary alicyclic amines) is 2. The van der Waals surface area contributed by atoms with Crippen molar-refractivity contribution in [2.75, 3.05) is 57.4 Å². The molecular formula is C65H81FN10O8S. The molecule has 1 saturated carbocycles. The molecule has 18 nitrogen and oxygen atoms in total. The second-order valence-electron chi connectivity index (χ2n) is 26.1. The predicted octanol–water partition coefficient (Wildman–Crippen LogP) is 10.3. The number of carbonyl (C=O) groups is 4. The van der Waals surface area contributed by atoms with Gasteiger partial charge in [-0.2, -0.15) is 9.97 Å². The summed E-state index contributed by atoms with van der Waals surface area (Å²) in [4.78, 5) is 83.8. The molecule has 5 atom stereocenters. The van der Waals surface area contributed by atoms with Gasteiger partial charge in [-0.1, -0.05) is 70.2 Å². The average Bonchev–Trinajstić information content (AvgIpc) is 1.95. The van der Waals surface area contributed by atoms with Gasteiger partial charge in [0.15, 0.2) is 5.82 Å². The first kappa shape index (κ1) is 59.7. The number of amides is 4. The van der Waals surface area contributed by atoms with E-state index in [0.29, 0.717) is 81.7 Å². The highest BCUT2D eigenvalue weighted by Gasteiger charge is 2.54. The highest BCUT2D eigenvalue weighted by Crippen LogP contribution is 2.43. The van der Waals surface area contributed by atoms with E-state index < -0.39 is 34.5 Å². The van der Waals surface area contributed by atoms with Crippen molar-refractivity contribution in [3.8, 4) is 33.5 Å². The van der Waals surface area contributed by atoms with Crippen molar-refractivity contribution < 1.29 is 42.9 Å². The topological polar surface area (TPSA) is 205 Å². The molecule has 1 aliphatic carbocycles. The minimum atomic E-state index is -1.00. The Bertz CT molecular complexity index is 3470. The van der Waals surface area contributed by atoms with Crippen LogP contribution in [0, 0.1) is 24.1 Å². The number of fused-ring (bicyclic) bond motifs is 4. The molecular weight excluding hydrogens is 1100 g/mol.